The summed E-state index contributed by atoms with van der Waals surface area (Å²) in [4.78, 5) is 37.0. The average Bonchev–Trinajstić information content (AvgIpc) is 2.96. The highest BCUT2D eigenvalue weighted by Crippen LogP contribution is 2.40. The Morgan fingerprint density at radius 2 is 1.83 bits per heavy atom. The molecule has 0 aliphatic carbocycles. The van der Waals surface area contributed by atoms with Crippen LogP contribution in [0.1, 0.15) is 23.6 Å². The van der Waals surface area contributed by atoms with E-state index in [1.54, 1.807) is 12.1 Å². The average molecular weight is 398 g/mol. The Labute approximate surface area is 165 Å². The van der Waals surface area contributed by atoms with Gasteiger partial charge in [0.25, 0.3) is 11.7 Å². The predicted molar refractivity (Wildman–Crippen MR) is 98.0 cm³/mol. The van der Waals surface area contributed by atoms with Gasteiger partial charge < -0.3 is 24.6 Å². The number of carboxylic acids is 1. The number of methoxy groups -OCH3 is 1. The Balaban J connectivity index is 2.16. The molecular formula is C21H17FNO6-. The van der Waals surface area contributed by atoms with E-state index in [1.807, 2.05) is 0 Å². The van der Waals surface area contributed by atoms with Crippen LogP contribution in [0.25, 0.3) is 5.76 Å². The van der Waals surface area contributed by atoms with Gasteiger partial charge in [0.15, 0.2) is 0 Å². The highest BCUT2D eigenvalue weighted by atomic mass is 19.1. The molecule has 7 nitrogen and oxygen atoms in total. The molecule has 0 unspecified atom stereocenters. The second-order valence-electron chi connectivity index (χ2n) is 6.36. The van der Waals surface area contributed by atoms with Crippen molar-refractivity contribution in [3.8, 4) is 5.75 Å². The number of benzene rings is 2. The predicted octanol–water partition coefficient (Wildman–Crippen LogP) is 1.40. The molecular weight excluding hydrogens is 381 g/mol. The van der Waals surface area contributed by atoms with E-state index in [0.29, 0.717) is 5.75 Å². The van der Waals surface area contributed by atoms with Gasteiger partial charge in [-0.15, -0.1) is 0 Å². The molecule has 150 valence electrons. The Morgan fingerprint density at radius 3 is 2.41 bits per heavy atom. The first kappa shape index (κ1) is 20.1. The number of hydrogen-bond acceptors (Lipinski definition) is 6. The van der Waals surface area contributed by atoms with Gasteiger partial charge in [-0.05, 0) is 30.3 Å². The van der Waals surface area contributed by atoms with Crippen LogP contribution in [0.4, 0.5) is 4.39 Å². The van der Waals surface area contributed by atoms with E-state index < -0.39 is 41.7 Å². The number of aliphatic hydroxyl groups is 1. The van der Waals surface area contributed by atoms with Gasteiger partial charge in [0.2, 0.25) is 0 Å². The molecule has 1 heterocycles. The minimum absolute atomic E-state index is 0.0277. The first-order chi connectivity index (χ1) is 13.8. The number of nitrogens with zero attached hydrogens (tertiary/aromatic N) is 1. The number of carbonyl (C=O) groups excluding carboxylic acids is 3. The van der Waals surface area contributed by atoms with Crippen LogP contribution < -0.4 is 9.84 Å². The largest absolute Gasteiger partial charge is 0.550 e. The maximum absolute atomic E-state index is 14.5. The molecule has 1 fully saturated rings. The third-order valence-corrected chi connectivity index (χ3v) is 4.66. The summed E-state index contributed by atoms with van der Waals surface area (Å²) in [6.45, 7) is -0.370. The van der Waals surface area contributed by atoms with E-state index in [1.165, 1.54) is 37.4 Å². The van der Waals surface area contributed by atoms with Crippen LogP contribution in [0.5, 0.6) is 5.75 Å². The molecule has 1 aliphatic rings. The Morgan fingerprint density at radius 1 is 1.17 bits per heavy atom. The number of amides is 1. The zero-order valence-electron chi connectivity index (χ0n) is 15.4. The number of ether oxygens (including phenoxy) is 1. The zero-order valence-corrected chi connectivity index (χ0v) is 15.4. The van der Waals surface area contributed by atoms with Crippen LogP contribution in [0, 0.1) is 5.82 Å². The smallest absolute Gasteiger partial charge is 0.295 e. The number of likely N-dealkylation sites (tertiary alicyclic amines) is 1. The van der Waals surface area contributed by atoms with E-state index >= 15 is 0 Å². The molecule has 2 aromatic rings. The lowest BCUT2D eigenvalue weighted by Crippen LogP contribution is -2.35. The third-order valence-electron chi connectivity index (χ3n) is 4.66. The van der Waals surface area contributed by atoms with Crippen LogP contribution in [0.2, 0.25) is 0 Å². The highest BCUT2D eigenvalue weighted by molar-refractivity contribution is 6.46. The van der Waals surface area contributed by atoms with Gasteiger partial charge in [0.05, 0.1) is 18.7 Å². The number of halogens is 1. The minimum atomic E-state index is -1.42. The van der Waals surface area contributed by atoms with Crippen molar-refractivity contribution in [1.29, 1.82) is 0 Å². The number of Topliss-reactive ketones (excluding diaryl/α,β-unsaturated/α-hetero) is 1. The Kier molecular flexibility index (Phi) is 5.63. The lowest BCUT2D eigenvalue weighted by molar-refractivity contribution is -0.305. The molecule has 1 amide bonds. The zero-order chi connectivity index (χ0) is 21.1. The molecule has 1 saturated heterocycles. The van der Waals surface area contributed by atoms with Gasteiger partial charge in [-0.3, -0.25) is 9.59 Å². The van der Waals surface area contributed by atoms with Crippen molar-refractivity contribution in [2.24, 2.45) is 0 Å². The number of aliphatic carboxylic acids is 1. The Hall–Kier alpha value is -3.68. The summed E-state index contributed by atoms with van der Waals surface area (Å²) < 4.78 is 19.6. The maximum atomic E-state index is 14.5. The summed E-state index contributed by atoms with van der Waals surface area (Å²) >= 11 is 0. The summed E-state index contributed by atoms with van der Waals surface area (Å²) in [5, 5.41) is 21.6. The topological polar surface area (TPSA) is 107 Å². The van der Waals surface area contributed by atoms with Gasteiger partial charge in [-0.2, -0.15) is 0 Å². The minimum Gasteiger partial charge on any atom is -0.550 e. The van der Waals surface area contributed by atoms with Crippen LogP contribution in [-0.2, 0) is 14.4 Å². The van der Waals surface area contributed by atoms with E-state index in [4.69, 9.17) is 4.74 Å². The molecule has 8 heteroatoms. The van der Waals surface area contributed by atoms with Crippen LogP contribution >= 0.6 is 0 Å². The highest BCUT2D eigenvalue weighted by Gasteiger charge is 2.46. The summed E-state index contributed by atoms with van der Waals surface area (Å²) in [5.74, 6) is -4.14. The molecule has 0 radical (unpaired) electrons. The number of carbonyl (C=O) groups is 3. The lowest BCUT2D eigenvalue weighted by Gasteiger charge is -2.25. The number of aliphatic hydroxyl groups excluding tert-OH is 1. The van der Waals surface area contributed by atoms with Crippen molar-refractivity contribution in [1.82, 2.24) is 4.90 Å². The van der Waals surface area contributed by atoms with Crippen molar-refractivity contribution < 1.29 is 33.7 Å². The fourth-order valence-corrected chi connectivity index (χ4v) is 3.25. The molecule has 0 saturated carbocycles. The fraction of sp³-hybridized carbons (Fsp3) is 0.190. The SMILES string of the molecule is COc1ccc(C(O)=C2C(=O)C(=O)N(CCC(=O)[O-])[C@@H]2c2ccccc2F)cc1. The third kappa shape index (κ3) is 3.82. The number of ketones is 1. The van der Waals surface area contributed by atoms with Crippen molar-refractivity contribution in [3.05, 3.63) is 71.0 Å². The molecule has 0 bridgehead atoms. The molecule has 1 atom stereocenters. The van der Waals surface area contributed by atoms with E-state index in [9.17, 15) is 29.0 Å². The molecule has 1 aliphatic heterocycles. The van der Waals surface area contributed by atoms with Crippen molar-refractivity contribution >= 4 is 23.4 Å². The number of hydrogen-bond donors (Lipinski definition) is 1. The second kappa shape index (κ2) is 8.14. The summed E-state index contributed by atoms with van der Waals surface area (Å²) in [6, 6.07) is 10.3. The lowest BCUT2D eigenvalue weighted by atomic mass is 9.95. The van der Waals surface area contributed by atoms with Crippen molar-refractivity contribution in [2.45, 2.75) is 12.5 Å². The van der Waals surface area contributed by atoms with Crippen molar-refractivity contribution in [2.75, 3.05) is 13.7 Å². The van der Waals surface area contributed by atoms with Crippen LogP contribution in [0.3, 0.4) is 0 Å². The Bertz CT molecular complexity index is 998. The molecule has 3 rings (SSSR count). The molecule has 0 aromatic heterocycles. The standard InChI is InChI=1S/C21H18FNO6/c1-29-13-8-6-12(7-9-13)19(26)17-18(14-4-2-3-5-15(14)22)23(11-10-16(24)25)21(28)20(17)27/h2-9,18,26H,10-11H2,1H3,(H,24,25)/p-1/t18-/m1/s1. The quantitative estimate of drug-likeness (QED) is 0.448. The monoisotopic (exact) mass is 398 g/mol. The van der Waals surface area contributed by atoms with Gasteiger partial charge in [-0.1, -0.05) is 18.2 Å². The normalized spacial score (nSPS) is 18.1. The summed E-state index contributed by atoms with van der Waals surface area (Å²) in [7, 11) is 1.47. The maximum Gasteiger partial charge on any atom is 0.295 e. The molecule has 2 aromatic carbocycles. The van der Waals surface area contributed by atoms with E-state index in [0.717, 1.165) is 11.0 Å². The number of rotatable bonds is 6. The molecule has 0 spiro atoms. The summed E-state index contributed by atoms with van der Waals surface area (Å²) in [6.07, 6.45) is -0.541. The van der Waals surface area contributed by atoms with Crippen LogP contribution in [-0.4, -0.2) is 41.3 Å². The molecule has 29 heavy (non-hydrogen) atoms. The first-order valence-electron chi connectivity index (χ1n) is 8.72. The second-order valence-corrected chi connectivity index (χ2v) is 6.36. The van der Waals surface area contributed by atoms with Crippen molar-refractivity contribution in [3.63, 3.8) is 0 Å². The first-order valence-corrected chi connectivity index (χ1v) is 8.72. The van der Waals surface area contributed by atoms with Crippen LogP contribution in [0.15, 0.2) is 54.1 Å². The van der Waals surface area contributed by atoms with Gasteiger partial charge in [-0.25, -0.2) is 4.39 Å². The van der Waals surface area contributed by atoms with E-state index in [2.05, 4.69) is 0 Å². The number of carboxylic acid groups (broad SMARTS) is 1. The summed E-state index contributed by atoms with van der Waals surface area (Å²) in [5.41, 5.74) is -0.117. The molecule has 1 N–H and O–H groups in total. The van der Waals surface area contributed by atoms with Gasteiger partial charge in [0, 0.05) is 30.1 Å². The fourth-order valence-electron chi connectivity index (χ4n) is 3.25. The van der Waals surface area contributed by atoms with E-state index in [-0.39, 0.29) is 23.2 Å². The van der Waals surface area contributed by atoms with Gasteiger partial charge in [0.1, 0.15) is 17.3 Å². The van der Waals surface area contributed by atoms with Gasteiger partial charge >= 0.3 is 0 Å².